The lowest BCUT2D eigenvalue weighted by Crippen LogP contribution is -2.27. The van der Waals surface area contributed by atoms with E-state index in [1.54, 1.807) is 6.20 Å². The molecule has 0 saturated heterocycles. The van der Waals surface area contributed by atoms with Gasteiger partial charge in [-0.05, 0) is 42.3 Å². The molecule has 1 unspecified atom stereocenters. The van der Waals surface area contributed by atoms with E-state index in [0.29, 0.717) is 5.56 Å². The molecule has 23 heavy (non-hydrogen) atoms. The van der Waals surface area contributed by atoms with Crippen LogP contribution < -0.4 is 5.32 Å². The highest BCUT2D eigenvalue weighted by atomic mass is 16.1. The van der Waals surface area contributed by atoms with Gasteiger partial charge in [0.2, 0.25) is 0 Å². The van der Waals surface area contributed by atoms with Crippen LogP contribution in [0.2, 0.25) is 0 Å². The van der Waals surface area contributed by atoms with Gasteiger partial charge in [-0.1, -0.05) is 48.5 Å². The lowest BCUT2D eigenvalue weighted by Gasteiger charge is -2.13. The summed E-state index contributed by atoms with van der Waals surface area (Å²) in [5, 5.41) is 2.97. The molecule has 0 saturated carbocycles. The molecular formula is C20H18N2O. The highest BCUT2D eigenvalue weighted by molar-refractivity contribution is 5.94. The van der Waals surface area contributed by atoms with E-state index in [0.717, 1.165) is 16.8 Å². The van der Waals surface area contributed by atoms with Crippen molar-refractivity contribution in [1.29, 1.82) is 0 Å². The fraction of sp³-hybridized carbons (Fsp3) is 0.100. The minimum Gasteiger partial charge on any atom is -0.344 e. The highest BCUT2D eigenvalue weighted by Gasteiger charge is 2.12. The first-order valence-corrected chi connectivity index (χ1v) is 7.61. The van der Waals surface area contributed by atoms with Crippen molar-refractivity contribution in [2.45, 2.75) is 13.0 Å². The number of nitrogens with one attached hydrogen (secondary N) is 1. The third-order valence-electron chi connectivity index (χ3n) is 3.73. The topological polar surface area (TPSA) is 42.0 Å². The molecule has 3 aromatic rings. The summed E-state index contributed by atoms with van der Waals surface area (Å²) in [5.74, 6) is -0.0947. The maximum atomic E-state index is 12.3. The van der Waals surface area contributed by atoms with Gasteiger partial charge in [-0.15, -0.1) is 0 Å². The SMILES string of the molecule is CC(NC(=O)c1ccc(-c2ccccc2)cc1)c1ccccn1. The Morgan fingerprint density at radius 2 is 1.52 bits per heavy atom. The number of hydrogen-bond donors (Lipinski definition) is 1. The Balaban J connectivity index is 1.71. The van der Waals surface area contributed by atoms with Crippen molar-refractivity contribution in [3.05, 3.63) is 90.3 Å². The van der Waals surface area contributed by atoms with E-state index in [-0.39, 0.29) is 11.9 Å². The average Bonchev–Trinajstić information content (AvgIpc) is 2.63. The second-order valence-electron chi connectivity index (χ2n) is 5.39. The highest BCUT2D eigenvalue weighted by Crippen LogP contribution is 2.19. The van der Waals surface area contributed by atoms with E-state index < -0.39 is 0 Å². The summed E-state index contributed by atoms with van der Waals surface area (Å²) >= 11 is 0. The lowest BCUT2D eigenvalue weighted by molar-refractivity contribution is 0.0939. The minimum atomic E-state index is -0.127. The Morgan fingerprint density at radius 1 is 0.870 bits per heavy atom. The van der Waals surface area contributed by atoms with Crippen LogP contribution in [0.4, 0.5) is 0 Å². The molecule has 0 spiro atoms. The molecule has 3 nitrogen and oxygen atoms in total. The zero-order valence-corrected chi connectivity index (χ0v) is 12.9. The van der Waals surface area contributed by atoms with Gasteiger partial charge < -0.3 is 5.32 Å². The van der Waals surface area contributed by atoms with Crippen molar-refractivity contribution in [2.75, 3.05) is 0 Å². The largest absolute Gasteiger partial charge is 0.344 e. The maximum absolute atomic E-state index is 12.3. The molecule has 0 aliphatic rings. The first-order chi connectivity index (χ1) is 11.2. The van der Waals surface area contributed by atoms with Crippen LogP contribution in [0.3, 0.4) is 0 Å². The maximum Gasteiger partial charge on any atom is 0.251 e. The number of benzene rings is 2. The second kappa shape index (κ2) is 6.88. The van der Waals surface area contributed by atoms with Crippen LogP contribution in [-0.4, -0.2) is 10.9 Å². The quantitative estimate of drug-likeness (QED) is 0.783. The molecule has 1 amide bonds. The molecule has 1 heterocycles. The summed E-state index contributed by atoms with van der Waals surface area (Å²) in [6.07, 6.45) is 1.73. The number of nitrogens with zero attached hydrogens (tertiary/aromatic N) is 1. The molecule has 1 N–H and O–H groups in total. The molecule has 1 aromatic heterocycles. The summed E-state index contributed by atoms with van der Waals surface area (Å²) in [4.78, 5) is 16.6. The molecule has 0 aliphatic carbocycles. The molecule has 3 rings (SSSR count). The standard InChI is InChI=1S/C20H18N2O/c1-15(19-9-5-6-14-21-19)22-20(23)18-12-10-17(11-13-18)16-7-3-2-4-8-16/h2-15H,1H3,(H,22,23). The zero-order valence-electron chi connectivity index (χ0n) is 12.9. The van der Waals surface area contributed by atoms with Crippen LogP contribution in [-0.2, 0) is 0 Å². The van der Waals surface area contributed by atoms with Crippen molar-refractivity contribution in [1.82, 2.24) is 10.3 Å². The molecule has 3 heteroatoms. The molecule has 0 radical (unpaired) electrons. The van der Waals surface area contributed by atoms with Crippen molar-refractivity contribution >= 4 is 5.91 Å². The number of carbonyl (C=O) groups excluding carboxylic acids is 1. The average molecular weight is 302 g/mol. The van der Waals surface area contributed by atoms with E-state index in [2.05, 4.69) is 22.4 Å². The zero-order chi connectivity index (χ0) is 16.1. The second-order valence-corrected chi connectivity index (χ2v) is 5.39. The monoisotopic (exact) mass is 302 g/mol. The molecule has 0 fully saturated rings. The number of aromatic nitrogens is 1. The van der Waals surface area contributed by atoms with E-state index in [4.69, 9.17) is 0 Å². The van der Waals surface area contributed by atoms with Crippen LogP contribution in [0.5, 0.6) is 0 Å². The minimum absolute atomic E-state index is 0.0947. The molecule has 0 bridgehead atoms. The third kappa shape index (κ3) is 3.64. The van der Waals surface area contributed by atoms with Crippen LogP contribution >= 0.6 is 0 Å². The predicted molar refractivity (Wildman–Crippen MR) is 92.0 cm³/mol. The summed E-state index contributed by atoms with van der Waals surface area (Å²) in [7, 11) is 0. The van der Waals surface area contributed by atoms with Gasteiger partial charge in [0, 0.05) is 11.8 Å². The van der Waals surface area contributed by atoms with Gasteiger partial charge in [0.05, 0.1) is 11.7 Å². The summed E-state index contributed by atoms with van der Waals surface area (Å²) in [6, 6.07) is 23.3. The molecule has 2 aromatic carbocycles. The van der Waals surface area contributed by atoms with Crippen molar-refractivity contribution in [3.8, 4) is 11.1 Å². The van der Waals surface area contributed by atoms with E-state index in [1.165, 1.54) is 0 Å². The van der Waals surface area contributed by atoms with Crippen molar-refractivity contribution < 1.29 is 4.79 Å². The van der Waals surface area contributed by atoms with Crippen LogP contribution in [0.1, 0.15) is 29.0 Å². The van der Waals surface area contributed by atoms with Crippen LogP contribution in [0.25, 0.3) is 11.1 Å². The van der Waals surface area contributed by atoms with E-state index >= 15 is 0 Å². The first kappa shape index (κ1) is 15.0. The Hall–Kier alpha value is -2.94. The van der Waals surface area contributed by atoms with Crippen LogP contribution in [0, 0.1) is 0 Å². The Bertz CT molecular complexity index is 768. The van der Waals surface area contributed by atoms with Gasteiger partial charge >= 0.3 is 0 Å². The van der Waals surface area contributed by atoms with Gasteiger partial charge in [-0.2, -0.15) is 0 Å². The van der Waals surface area contributed by atoms with E-state index in [9.17, 15) is 4.79 Å². The Kier molecular flexibility index (Phi) is 4.48. The van der Waals surface area contributed by atoms with Gasteiger partial charge in [-0.3, -0.25) is 9.78 Å². The molecule has 0 aliphatic heterocycles. The van der Waals surface area contributed by atoms with Crippen LogP contribution in [0.15, 0.2) is 79.0 Å². The van der Waals surface area contributed by atoms with Gasteiger partial charge in [0.25, 0.3) is 5.91 Å². The number of hydrogen-bond acceptors (Lipinski definition) is 2. The summed E-state index contributed by atoms with van der Waals surface area (Å²) < 4.78 is 0. The number of rotatable bonds is 4. The summed E-state index contributed by atoms with van der Waals surface area (Å²) in [5.41, 5.74) is 3.73. The Morgan fingerprint density at radius 3 is 2.17 bits per heavy atom. The molecule has 1 atom stereocenters. The first-order valence-electron chi connectivity index (χ1n) is 7.61. The molecule has 114 valence electrons. The molecular weight excluding hydrogens is 284 g/mol. The van der Waals surface area contributed by atoms with E-state index in [1.807, 2.05) is 67.6 Å². The smallest absolute Gasteiger partial charge is 0.251 e. The fourth-order valence-electron chi connectivity index (χ4n) is 2.43. The van der Waals surface area contributed by atoms with Gasteiger partial charge in [-0.25, -0.2) is 0 Å². The number of carbonyl (C=O) groups is 1. The lowest BCUT2D eigenvalue weighted by atomic mass is 10.0. The fourth-order valence-corrected chi connectivity index (χ4v) is 2.43. The van der Waals surface area contributed by atoms with Crippen molar-refractivity contribution in [3.63, 3.8) is 0 Å². The predicted octanol–water partition coefficient (Wildman–Crippen LogP) is 4.24. The normalized spacial score (nSPS) is 11.7. The van der Waals surface area contributed by atoms with Crippen molar-refractivity contribution in [2.24, 2.45) is 0 Å². The third-order valence-corrected chi connectivity index (χ3v) is 3.73. The van der Waals surface area contributed by atoms with Gasteiger partial charge in [0.1, 0.15) is 0 Å². The van der Waals surface area contributed by atoms with Gasteiger partial charge in [0.15, 0.2) is 0 Å². The summed E-state index contributed by atoms with van der Waals surface area (Å²) in [6.45, 7) is 1.93. The Labute approximate surface area is 136 Å². The number of amides is 1. The number of pyridine rings is 1.